The van der Waals surface area contributed by atoms with Crippen LogP contribution in [-0.4, -0.2) is 17.9 Å². The van der Waals surface area contributed by atoms with Crippen LogP contribution in [0.15, 0.2) is 54.7 Å². The van der Waals surface area contributed by atoms with Crippen molar-refractivity contribution in [3.05, 3.63) is 66.1 Å². The molecular formula is C19H19FN2O. The monoisotopic (exact) mass is 310 g/mol. The highest BCUT2D eigenvalue weighted by molar-refractivity contribution is 6.03. The predicted molar refractivity (Wildman–Crippen MR) is 91.1 cm³/mol. The van der Waals surface area contributed by atoms with Gasteiger partial charge in [-0.1, -0.05) is 18.2 Å². The van der Waals surface area contributed by atoms with Gasteiger partial charge in [0.1, 0.15) is 5.82 Å². The first-order valence-corrected chi connectivity index (χ1v) is 7.51. The standard InChI is InChI=1S/C19H19FN2O/c1-19(2,18(23)22(3)14-7-5-4-6-8-14)16-12-21-17-11-13(20)9-10-15(16)17/h4-12,21H,1-3H3. The maximum absolute atomic E-state index is 13.4. The average molecular weight is 310 g/mol. The Bertz CT molecular complexity index is 852. The fraction of sp³-hybridized carbons (Fsp3) is 0.211. The number of carbonyl (C=O) groups is 1. The summed E-state index contributed by atoms with van der Waals surface area (Å²) in [6.07, 6.45) is 1.79. The molecule has 3 aromatic rings. The van der Waals surface area contributed by atoms with Gasteiger partial charge in [-0.3, -0.25) is 4.79 Å². The summed E-state index contributed by atoms with van der Waals surface area (Å²) in [4.78, 5) is 17.7. The van der Waals surface area contributed by atoms with E-state index in [0.29, 0.717) is 5.52 Å². The summed E-state index contributed by atoms with van der Waals surface area (Å²) in [6.45, 7) is 3.78. The smallest absolute Gasteiger partial charge is 0.236 e. The van der Waals surface area contributed by atoms with Gasteiger partial charge in [0.25, 0.3) is 0 Å². The first-order valence-electron chi connectivity index (χ1n) is 7.51. The molecule has 1 heterocycles. The van der Waals surface area contributed by atoms with Crippen molar-refractivity contribution in [2.24, 2.45) is 0 Å². The average Bonchev–Trinajstić information content (AvgIpc) is 2.97. The molecule has 4 heteroatoms. The van der Waals surface area contributed by atoms with E-state index in [1.165, 1.54) is 12.1 Å². The third-order valence-electron chi connectivity index (χ3n) is 4.30. The van der Waals surface area contributed by atoms with Crippen LogP contribution in [-0.2, 0) is 10.2 Å². The number of hydrogen-bond donors (Lipinski definition) is 1. The topological polar surface area (TPSA) is 36.1 Å². The zero-order valence-corrected chi connectivity index (χ0v) is 13.4. The van der Waals surface area contributed by atoms with Gasteiger partial charge < -0.3 is 9.88 Å². The Morgan fingerprint density at radius 1 is 1.13 bits per heavy atom. The Morgan fingerprint density at radius 3 is 2.52 bits per heavy atom. The molecular weight excluding hydrogens is 291 g/mol. The highest BCUT2D eigenvalue weighted by atomic mass is 19.1. The summed E-state index contributed by atoms with van der Waals surface area (Å²) in [5.41, 5.74) is 1.67. The molecule has 1 aromatic heterocycles. The molecule has 0 bridgehead atoms. The predicted octanol–water partition coefficient (Wildman–Crippen LogP) is 4.25. The van der Waals surface area contributed by atoms with Gasteiger partial charge in [0.2, 0.25) is 5.91 Å². The van der Waals surface area contributed by atoms with Crippen LogP contribution in [0.25, 0.3) is 10.9 Å². The second-order valence-electron chi connectivity index (χ2n) is 6.22. The van der Waals surface area contributed by atoms with Gasteiger partial charge in [-0.25, -0.2) is 4.39 Å². The lowest BCUT2D eigenvalue weighted by Crippen LogP contribution is -2.41. The van der Waals surface area contributed by atoms with Gasteiger partial charge in [-0.2, -0.15) is 0 Å². The number of H-pyrrole nitrogens is 1. The zero-order chi connectivity index (χ0) is 16.6. The van der Waals surface area contributed by atoms with Crippen LogP contribution in [0.3, 0.4) is 0 Å². The van der Waals surface area contributed by atoms with E-state index in [2.05, 4.69) is 4.98 Å². The highest BCUT2D eigenvalue weighted by Crippen LogP contribution is 2.33. The minimum absolute atomic E-state index is 0.0195. The van der Waals surface area contributed by atoms with Gasteiger partial charge in [-0.05, 0) is 49.7 Å². The number of likely N-dealkylation sites (N-methyl/N-ethyl adjacent to an activating group) is 1. The van der Waals surface area contributed by atoms with Crippen LogP contribution in [0.1, 0.15) is 19.4 Å². The molecule has 0 aliphatic carbocycles. The van der Waals surface area contributed by atoms with Gasteiger partial charge >= 0.3 is 0 Å². The van der Waals surface area contributed by atoms with E-state index in [-0.39, 0.29) is 11.7 Å². The minimum atomic E-state index is -0.735. The summed E-state index contributed by atoms with van der Waals surface area (Å²) in [5, 5.41) is 0.867. The summed E-state index contributed by atoms with van der Waals surface area (Å²) in [5.74, 6) is -0.314. The number of nitrogens with zero attached hydrogens (tertiary/aromatic N) is 1. The van der Waals surface area contributed by atoms with Crippen molar-refractivity contribution < 1.29 is 9.18 Å². The molecule has 0 aliphatic rings. The Kier molecular flexibility index (Phi) is 3.68. The maximum Gasteiger partial charge on any atom is 0.236 e. The molecule has 3 rings (SSSR count). The number of amides is 1. The summed E-state index contributed by atoms with van der Waals surface area (Å²) < 4.78 is 13.4. The van der Waals surface area contributed by atoms with Gasteiger partial charge in [-0.15, -0.1) is 0 Å². The van der Waals surface area contributed by atoms with Crippen LogP contribution in [0.5, 0.6) is 0 Å². The van der Waals surface area contributed by atoms with Crippen LogP contribution >= 0.6 is 0 Å². The number of hydrogen-bond acceptors (Lipinski definition) is 1. The molecule has 1 N–H and O–H groups in total. The van der Waals surface area contributed by atoms with Gasteiger partial charge in [0, 0.05) is 29.8 Å². The van der Waals surface area contributed by atoms with E-state index in [4.69, 9.17) is 0 Å². The van der Waals surface area contributed by atoms with Crippen LogP contribution in [0.4, 0.5) is 10.1 Å². The molecule has 2 aromatic carbocycles. The number of benzene rings is 2. The molecule has 0 radical (unpaired) electrons. The summed E-state index contributed by atoms with van der Waals surface area (Å²) >= 11 is 0. The van der Waals surface area contributed by atoms with Gasteiger partial charge in [0.05, 0.1) is 5.41 Å². The second kappa shape index (κ2) is 5.54. The molecule has 0 unspecified atom stereocenters. The summed E-state index contributed by atoms with van der Waals surface area (Å²) in [6, 6.07) is 14.1. The second-order valence-corrected chi connectivity index (χ2v) is 6.22. The molecule has 23 heavy (non-hydrogen) atoms. The highest BCUT2D eigenvalue weighted by Gasteiger charge is 2.35. The number of aromatic nitrogens is 1. The molecule has 3 nitrogen and oxygen atoms in total. The van der Waals surface area contributed by atoms with Crippen LogP contribution < -0.4 is 4.90 Å². The minimum Gasteiger partial charge on any atom is -0.361 e. The SMILES string of the molecule is CN(C(=O)C(C)(C)c1c[nH]c2cc(F)ccc12)c1ccccc1. The quantitative estimate of drug-likeness (QED) is 0.771. The largest absolute Gasteiger partial charge is 0.361 e. The lowest BCUT2D eigenvalue weighted by molar-refractivity contribution is -0.122. The number of anilines is 1. The fourth-order valence-corrected chi connectivity index (χ4v) is 2.92. The third-order valence-corrected chi connectivity index (χ3v) is 4.30. The first kappa shape index (κ1) is 15.3. The zero-order valence-electron chi connectivity index (χ0n) is 13.4. The lowest BCUT2D eigenvalue weighted by atomic mass is 9.83. The van der Waals surface area contributed by atoms with Crippen molar-refractivity contribution >= 4 is 22.5 Å². The third kappa shape index (κ3) is 2.61. The van der Waals surface area contributed by atoms with E-state index in [9.17, 15) is 9.18 Å². The molecule has 1 amide bonds. The number of nitrogens with one attached hydrogen (secondary N) is 1. The molecule has 0 spiro atoms. The van der Waals surface area contributed by atoms with Crippen molar-refractivity contribution in [2.75, 3.05) is 11.9 Å². The molecule has 0 fully saturated rings. The van der Waals surface area contributed by atoms with Gasteiger partial charge in [0.15, 0.2) is 0 Å². The molecule has 118 valence electrons. The number of para-hydroxylation sites is 1. The number of fused-ring (bicyclic) bond motifs is 1. The Balaban J connectivity index is 2.01. The summed E-state index contributed by atoms with van der Waals surface area (Å²) in [7, 11) is 1.77. The Labute approximate surface area is 134 Å². The van der Waals surface area contributed by atoms with Crippen LogP contribution in [0, 0.1) is 5.82 Å². The fourth-order valence-electron chi connectivity index (χ4n) is 2.92. The van der Waals surface area contributed by atoms with E-state index in [0.717, 1.165) is 16.6 Å². The molecule has 0 aliphatic heterocycles. The first-order chi connectivity index (χ1) is 10.9. The van der Waals surface area contributed by atoms with Crippen molar-refractivity contribution in [1.29, 1.82) is 0 Å². The molecule has 0 saturated heterocycles. The van der Waals surface area contributed by atoms with E-state index < -0.39 is 5.41 Å². The maximum atomic E-state index is 13.4. The Hall–Kier alpha value is -2.62. The normalized spacial score (nSPS) is 11.7. The van der Waals surface area contributed by atoms with Crippen molar-refractivity contribution in [3.63, 3.8) is 0 Å². The lowest BCUT2D eigenvalue weighted by Gasteiger charge is -2.29. The number of halogens is 1. The molecule has 0 atom stereocenters. The number of rotatable bonds is 3. The number of aromatic amines is 1. The van der Waals surface area contributed by atoms with Crippen LogP contribution in [0.2, 0.25) is 0 Å². The Morgan fingerprint density at radius 2 is 1.83 bits per heavy atom. The van der Waals surface area contributed by atoms with Crippen molar-refractivity contribution in [1.82, 2.24) is 4.98 Å². The van der Waals surface area contributed by atoms with E-state index >= 15 is 0 Å². The van der Waals surface area contributed by atoms with Crippen molar-refractivity contribution in [2.45, 2.75) is 19.3 Å². The number of carbonyl (C=O) groups excluding carboxylic acids is 1. The van der Waals surface area contributed by atoms with E-state index in [1.807, 2.05) is 44.2 Å². The van der Waals surface area contributed by atoms with Crippen molar-refractivity contribution in [3.8, 4) is 0 Å². The van der Waals surface area contributed by atoms with E-state index in [1.54, 1.807) is 24.2 Å². The molecule has 0 saturated carbocycles.